The highest BCUT2D eigenvalue weighted by atomic mass is 28.1. The van der Waals surface area contributed by atoms with E-state index in [1.807, 2.05) is 0 Å². The average Bonchev–Trinajstić information content (AvgIpc) is 2.17. The Hall–Kier alpha value is 0.0569. The lowest BCUT2D eigenvalue weighted by molar-refractivity contribution is -0.146. The standard InChI is InChI=1S/C8H22N2O2Si/c1-11-8(13,12-2)4-3-6-10-7-5-9/h10H,3-7,9H2,1-2,13H3. The molecule has 0 amide bonds. The summed E-state index contributed by atoms with van der Waals surface area (Å²) < 4.78 is 10.6. The van der Waals surface area contributed by atoms with Gasteiger partial charge in [0.25, 0.3) is 0 Å². The van der Waals surface area contributed by atoms with E-state index in [0.717, 1.165) is 36.2 Å². The molecule has 0 spiro atoms. The first-order valence-corrected chi connectivity index (χ1v) is 5.69. The molecule has 13 heavy (non-hydrogen) atoms. The van der Waals surface area contributed by atoms with E-state index < -0.39 is 0 Å². The van der Waals surface area contributed by atoms with Crippen molar-refractivity contribution < 1.29 is 9.47 Å². The number of nitrogens with two attached hydrogens (primary N) is 1. The summed E-state index contributed by atoms with van der Waals surface area (Å²) in [6, 6.07) is 0. The molecule has 0 aliphatic carbocycles. The molecule has 0 atom stereocenters. The van der Waals surface area contributed by atoms with E-state index in [-0.39, 0.29) is 5.41 Å². The quantitative estimate of drug-likeness (QED) is 0.292. The van der Waals surface area contributed by atoms with E-state index in [1.165, 1.54) is 0 Å². The summed E-state index contributed by atoms with van der Waals surface area (Å²) in [6.45, 7) is 2.56. The molecule has 0 aliphatic rings. The summed E-state index contributed by atoms with van der Waals surface area (Å²) in [5.74, 6) is 0. The van der Waals surface area contributed by atoms with Gasteiger partial charge in [0.2, 0.25) is 0 Å². The van der Waals surface area contributed by atoms with Crippen LogP contribution in [0.1, 0.15) is 12.8 Å². The molecule has 0 aromatic rings. The van der Waals surface area contributed by atoms with E-state index in [4.69, 9.17) is 15.2 Å². The summed E-state index contributed by atoms with van der Waals surface area (Å²) in [5.41, 5.74) is 5.04. The summed E-state index contributed by atoms with van der Waals surface area (Å²) in [6.07, 6.45) is 2.01. The van der Waals surface area contributed by atoms with Crippen molar-refractivity contribution in [3.05, 3.63) is 0 Å². The van der Waals surface area contributed by atoms with E-state index >= 15 is 0 Å². The zero-order valence-corrected chi connectivity index (χ0v) is 10.9. The molecule has 0 unspecified atom stereocenters. The van der Waals surface area contributed by atoms with Crippen molar-refractivity contribution in [2.24, 2.45) is 5.73 Å². The monoisotopic (exact) mass is 206 g/mol. The van der Waals surface area contributed by atoms with Crippen molar-refractivity contribution in [2.45, 2.75) is 18.3 Å². The van der Waals surface area contributed by atoms with Crippen molar-refractivity contribution in [3.63, 3.8) is 0 Å². The smallest absolute Gasteiger partial charge is 0.140 e. The molecule has 5 heteroatoms. The minimum atomic E-state index is -0.301. The molecule has 0 heterocycles. The van der Waals surface area contributed by atoms with Gasteiger partial charge in [0.15, 0.2) is 0 Å². The SMILES string of the molecule is COC([SiH3])(CCCNCCN)OC. The van der Waals surface area contributed by atoms with Gasteiger partial charge in [0, 0.05) is 27.3 Å². The summed E-state index contributed by atoms with van der Waals surface area (Å²) in [7, 11) is 4.29. The van der Waals surface area contributed by atoms with Gasteiger partial charge in [0.05, 0.1) is 10.2 Å². The largest absolute Gasteiger partial charge is 0.358 e. The third kappa shape index (κ3) is 6.17. The maximum absolute atomic E-state index is 5.34. The van der Waals surface area contributed by atoms with Gasteiger partial charge < -0.3 is 20.5 Å². The van der Waals surface area contributed by atoms with Gasteiger partial charge in [-0.1, -0.05) is 0 Å². The third-order valence-corrected chi connectivity index (χ3v) is 3.49. The molecule has 0 saturated carbocycles. The highest BCUT2D eigenvalue weighted by Crippen LogP contribution is 2.12. The minimum absolute atomic E-state index is 0.301. The lowest BCUT2D eigenvalue weighted by atomic mass is 10.3. The second-order valence-electron chi connectivity index (χ2n) is 3.18. The van der Waals surface area contributed by atoms with Gasteiger partial charge in [-0.25, -0.2) is 0 Å². The molecule has 0 bridgehead atoms. The van der Waals surface area contributed by atoms with Crippen molar-refractivity contribution in [3.8, 4) is 0 Å². The van der Waals surface area contributed by atoms with Crippen LogP contribution in [0.25, 0.3) is 0 Å². The van der Waals surface area contributed by atoms with Crippen molar-refractivity contribution in [1.29, 1.82) is 0 Å². The Morgan fingerprint density at radius 2 is 1.92 bits per heavy atom. The van der Waals surface area contributed by atoms with Crippen LogP contribution in [0, 0.1) is 0 Å². The maximum atomic E-state index is 5.34. The molecule has 0 aromatic heterocycles. The number of hydrogen-bond acceptors (Lipinski definition) is 4. The average molecular weight is 206 g/mol. The molecule has 0 fully saturated rings. The van der Waals surface area contributed by atoms with Gasteiger partial charge in [0.1, 0.15) is 5.41 Å². The molecular weight excluding hydrogens is 184 g/mol. The van der Waals surface area contributed by atoms with Gasteiger partial charge in [-0.05, 0) is 19.4 Å². The molecular formula is C8H22N2O2Si. The normalized spacial score (nSPS) is 12.2. The number of ether oxygens (including phenoxy) is 2. The van der Waals surface area contributed by atoms with Crippen LogP contribution in [-0.4, -0.2) is 49.5 Å². The highest BCUT2D eigenvalue weighted by Gasteiger charge is 2.20. The number of methoxy groups -OCH3 is 2. The predicted octanol–water partition coefficient (Wildman–Crippen LogP) is -1.37. The van der Waals surface area contributed by atoms with E-state index in [0.29, 0.717) is 6.54 Å². The van der Waals surface area contributed by atoms with Crippen LogP contribution in [0.4, 0.5) is 0 Å². The van der Waals surface area contributed by atoms with Gasteiger partial charge >= 0.3 is 0 Å². The minimum Gasteiger partial charge on any atom is -0.358 e. The first-order chi connectivity index (χ1) is 6.18. The lowest BCUT2D eigenvalue weighted by Crippen LogP contribution is -2.35. The Morgan fingerprint density at radius 1 is 1.31 bits per heavy atom. The van der Waals surface area contributed by atoms with Crippen LogP contribution in [0.3, 0.4) is 0 Å². The van der Waals surface area contributed by atoms with E-state index in [1.54, 1.807) is 14.2 Å². The third-order valence-electron chi connectivity index (χ3n) is 2.17. The van der Waals surface area contributed by atoms with Crippen molar-refractivity contribution >= 4 is 10.2 Å². The van der Waals surface area contributed by atoms with Crippen molar-refractivity contribution in [2.75, 3.05) is 33.9 Å². The van der Waals surface area contributed by atoms with Crippen LogP contribution < -0.4 is 11.1 Å². The topological polar surface area (TPSA) is 56.5 Å². The molecule has 80 valence electrons. The molecule has 0 aliphatic heterocycles. The van der Waals surface area contributed by atoms with Crippen LogP contribution in [0.15, 0.2) is 0 Å². The highest BCUT2D eigenvalue weighted by molar-refractivity contribution is 6.13. The second-order valence-corrected chi connectivity index (χ2v) is 4.71. The molecule has 0 aromatic carbocycles. The fraction of sp³-hybridized carbons (Fsp3) is 1.00. The zero-order chi connectivity index (χ0) is 10.2. The first-order valence-electron chi connectivity index (χ1n) is 4.69. The van der Waals surface area contributed by atoms with Crippen LogP contribution in [0.5, 0.6) is 0 Å². The lowest BCUT2D eigenvalue weighted by Gasteiger charge is -2.26. The Bertz CT molecular complexity index is 121. The summed E-state index contributed by atoms with van der Waals surface area (Å²) >= 11 is 0. The maximum Gasteiger partial charge on any atom is 0.140 e. The first kappa shape index (κ1) is 13.1. The predicted molar refractivity (Wildman–Crippen MR) is 57.8 cm³/mol. The number of nitrogens with one attached hydrogen (secondary N) is 1. The van der Waals surface area contributed by atoms with Gasteiger partial charge in [-0.3, -0.25) is 0 Å². The fourth-order valence-electron chi connectivity index (χ4n) is 1.05. The van der Waals surface area contributed by atoms with Crippen LogP contribution >= 0.6 is 0 Å². The van der Waals surface area contributed by atoms with Gasteiger partial charge in [-0.15, -0.1) is 0 Å². The molecule has 0 rings (SSSR count). The van der Waals surface area contributed by atoms with Crippen molar-refractivity contribution in [1.82, 2.24) is 5.32 Å². The molecule has 3 N–H and O–H groups in total. The fourth-order valence-corrected chi connectivity index (χ4v) is 1.40. The van der Waals surface area contributed by atoms with Gasteiger partial charge in [-0.2, -0.15) is 0 Å². The van der Waals surface area contributed by atoms with Crippen LogP contribution in [-0.2, 0) is 9.47 Å². The Labute approximate surface area is 83.6 Å². The number of rotatable bonds is 8. The van der Waals surface area contributed by atoms with E-state index in [9.17, 15) is 0 Å². The Morgan fingerprint density at radius 3 is 2.38 bits per heavy atom. The molecule has 0 radical (unpaired) electrons. The Kier molecular flexibility index (Phi) is 7.49. The Balaban J connectivity index is 3.39. The zero-order valence-electron chi connectivity index (χ0n) is 8.93. The summed E-state index contributed by atoms with van der Waals surface area (Å²) in [4.78, 5) is 0. The molecule has 4 nitrogen and oxygen atoms in total. The number of hydrogen-bond donors (Lipinski definition) is 2. The second kappa shape index (κ2) is 7.46. The van der Waals surface area contributed by atoms with E-state index in [2.05, 4.69) is 5.32 Å². The summed E-state index contributed by atoms with van der Waals surface area (Å²) in [5, 5.41) is 3.24. The molecule has 0 saturated heterocycles. The van der Waals surface area contributed by atoms with Crippen LogP contribution in [0.2, 0.25) is 0 Å².